The highest BCUT2D eigenvalue weighted by Crippen LogP contribution is 2.44. The maximum absolute atomic E-state index is 16.1. The Morgan fingerprint density at radius 2 is 0.920 bits per heavy atom. The van der Waals surface area contributed by atoms with Crippen LogP contribution in [0, 0.1) is 64.1 Å². The van der Waals surface area contributed by atoms with Crippen molar-refractivity contribution in [2.45, 2.75) is 19.7 Å². The monoisotopic (exact) mass is 702 g/mol. The Morgan fingerprint density at radius 3 is 1.30 bits per heavy atom. The zero-order valence-corrected chi connectivity index (χ0v) is 27.1. The molecule has 0 saturated carbocycles. The molecule has 1 atom stereocenters. The molecule has 1 aliphatic carbocycles. The molecule has 0 radical (unpaired) electrons. The second-order valence-corrected chi connectivity index (χ2v) is 12.3. The van der Waals surface area contributed by atoms with E-state index in [0.717, 1.165) is 16.9 Å². The molecule has 4 aromatic carbocycles. The summed E-state index contributed by atoms with van der Waals surface area (Å²) in [5.41, 5.74) is -2.13. The first kappa shape index (κ1) is 36.2. The standard InChI is InChI=1S/C31H23BF10N2.C6H6/c1-14(2)18-13-19(17-8-6-5-7-16(17)18)32(44-11-9-15(10-12-44)43(3)4,20-22(33)26(37)30(41)27(38)23(20)34)21-24(35)28(39)31(42)29(40)25(21)36;1-2-4-6-5-3-1/h5-14,19H,1-4H3;1-6H/t19-;/m0./s1. The van der Waals surface area contributed by atoms with Crippen molar-refractivity contribution in [2.24, 2.45) is 5.92 Å². The number of rotatable bonds is 6. The molecule has 0 saturated heterocycles. The molecule has 6 rings (SSSR count). The smallest absolute Gasteiger partial charge is 0.354 e. The van der Waals surface area contributed by atoms with Crippen LogP contribution >= 0.6 is 0 Å². The number of benzene rings is 4. The summed E-state index contributed by atoms with van der Waals surface area (Å²) in [4.78, 5) is 1.57. The second-order valence-electron chi connectivity index (χ2n) is 12.3. The minimum Gasteiger partial charge on any atom is -0.418 e. The Hall–Kier alpha value is -5.07. The van der Waals surface area contributed by atoms with Gasteiger partial charge in [0.15, 0.2) is 34.9 Å². The van der Waals surface area contributed by atoms with Crippen LogP contribution in [0.2, 0.25) is 0 Å². The lowest BCUT2D eigenvalue weighted by atomic mass is 9.20. The number of aromatic nitrogens is 1. The Morgan fingerprint density at radius 1 is 0.540 bits per heavy atom. The quantitative estimate of drug-likeness (QED) is 0.0752. The first-order valence-corrected chi connectivity index (χ1v) is 15.4. The SMILES string of the molecule is CC(C)C1=C[C@H]([B-](c2c(F)c(F)c(F)c(F)c2F)(c2c(F)c(F)c(F)c(F)c2F)[n+]2ccc(N(C)C)cc2)c2ccccc21.c1ccccc1. The molecule has 0 unspecified atom stereocenters. The van der Waals surface area contributed by atoms with Gasteiger partial charge >= 0.3 is 6.28 Å². The van der Waals surface area contributed by atoms with Crippen LogP contribution < -0.4 is 20.3 Å². The van der Waals surface area contributed by atoms with E-state index in [0.29, 0.717) is 16.8 Å². The third-order valence-corrected chi connectivity index (χ3v) is 8.99. The molecule has 0 aliphatic heterocycles. The van der Waals surface area contributed by atoms with E-state index in [1.165, 1.54) is 30.3 Å². The van der Waals surface area contributed by atoms with Crippen LogP contribution in [0.3, 0.4) is 0 Å². The van der Waals surface area contributed by atoms with E-state index in [-0.39, 0.29) is 11.5 Å². The lowest BCUT2D eigenvalue weighted by Gasteiger charge is -2.41. The van der Waals surface area contributed by atoms with Gasteiger partial charge in [0, 0.05) is 31.9 Å². The minimum absolute atomic E-state index is 0.105. The third kappa shape index (κ3) is 5.82. The highest BCUT2D eigenvalue weighted by Gasteiger charge is 2.57. The lowest BCUT2D eigenvalue weighted by Crippen LogP contribution is -2.83. The average Bonchev–Trinajstić information content (AvgIpc) is 3.52. The summed E-state index contributed by atoms with van der Waals surface area (Å²) in [5, 5.41) is 0. The van der Waals surface area contributed by atoms with Crippen molar-refractivity contribution in [1.29, 1.82) is 0 Å². The van der Waals surface area contributed by atoms with Gasteiger partial charge in [-0.05, 0) is 22.9 Å². The fraction of sp³-hybridized carbons (Fsp3) is 0.162. The Bertz CT molecular complexity index is 1930. The van der Waals surface area contributed by atoms with Gasteiger partial charge in [-0.15, -0.1) is 6.08 Å². The summed E-state index contributed by atoms with van der Waals surface area (Å²) in [5.74, 6) is -27.0. The number of pyridine rings is 1. The normalized spacial score (nSPS) is 13.9. The minimum atomic E-state index is -4.39. The Labute approximate surface area is 281 Å². The number of halogens is 10. The molecule has 260 valence electrons. The molecule has 1 aromatic heterocycles. The molecule has 5 aromatic rings. The molecule has 0 amide bonds. The maximum atomic E-state index is 16.1. The Balaban J connectivity index is 0.000000732. The number of hydrogen-bond acceptors (Lipinski definition) is 1. The van der Waals surface area contributed by atoms with Crippen molar-refractivity contribution in [3.05, 3.63) is 161 Å². The van der Waals surface area contributed by atoms with Crippen molar-refractivity contribution >= 4 is 28.5 Å². The predicted molar refractivity (Wildman–Crippen MR) is 172 cm³/mol. The molecule has 2 nitrogen and oxygen atoms in total. The predicted octanol–water partition coefficient (Wildman–Crippen LogP) is 8.10. The van der Waals surface area contributed by atoms with Gasteiger partial charge < -0.3 is 9.38 Å². The van der Waals surface area contributed by atoms with Gasteiger partial charge in [0.2, 0.25) is 0 Å². The first-order valence-electron chi connectivity index (χ1n) is 15.4. The molecule has 0 spiro atoms. The van der Waals surface area contributed by atoms with Gasteiger partial charge in [0.25, 0.3) is 0 Å². The largest absolute Gasteiger partial charge is 0.418 e. The van der Waals surface area contributed by atoms with Crippen molar-refractivity contribution in [1.82, 2.24) is 0 Å². The van der Waals surface area contributed by atoms with Crippen LogP contribution in [-0.2, 0) is 0 Å². The van der Waals surface area contributed by atoms with Gasteiger partial charge in [0.1, 0.15) is 35.7 Å². The fourth-order valence-electron chi connectivity index (χ4n) is 6.71. The van der Waals surface area contributed by atoms with Crippen molar-refractivity contribution in [2.75, 3.05) is 19.0 Å². The van der Waals surface area contributed by atoms with Crippen molar-refractivity contribution in [3.8, 4) is 0 Å². The van der Waals surface area contributed by atoms with Crippen LogP contribution in [0.15, 0.2) is 91.3 Å². The van der Waals surface area contributed by atoms with Crippen LogP contribution in [0.1, 0.15) is 30.8 Å². The number of allylic oxidation sites excluding steroid dienone is 2. The highest BCUT2D eigenvalue weighted by atomic mass is 19.2. The fourth-order valence-corrected chi connectivity index (χ4v) is 6.71. The maximum Gasteiger partial charge on any atom is 0.354 e. The zero-order chi connectivity index (χ0) is 36.7. The van der Waals surface area contributed by atoms with Crippen LogP contribution in [-0.4, -0.2) is 20.4 Å². The van der Waals surface area contributed by atoms with Gasteiger partial charge in [-0.1, -0.05) is 91.0 Å². The summed E-state index contributed by atoms with van der Waals surface area (Å²) >= 11 is 0. The molecule has 1 aliphatic rings. The first-order chi connectivity index (χ1) is 23.7. The van der Waals surface area contributed by atoms with Gasteiger partial charge in [-0.3, -0.25) is 0 Å². The van der Waals surface area contributed by atoms with E-state index in [1.807, 2.05) is 36.4 Å². The second kappa shape index (κ2) is 14.0. The van der Waals surface area contributed by atoms with Gasteiger partial charge in [-0.25, -0.2) is 43.9 Å². The van der Waals surface area contributed by atoms with Crippen molar-refractivity contribution < 1.29 is 48.4 Å². The lowest BCUT2D eigenvalue weighted by molar-refractivity contribution is -0.543. The molecule has 0 fully saturated rings. The van der Waals surface area contributed by atoms with E-state index < -0.39 is 81.2 Å². The van der Waals surface area contributed by atoms with Crippen LogP contribution in [0.4, 0.5) is 49.6 Å². The third-order valence-electron chi connectivity index (χ3n) is 8.99. The van der Waals surface area contributed by atoms with E-state index in [4.69, 9.17) is 0 Å². The molecule has 1 heterocycles. The van der Waals surface area contributed by atoms with E-state index >= 15 is 35.1 Å². The Kier molecular flexibility index (Phi) is 10.2. The molecular formula is C37H29BF10N2. The summed E-state index contributed by atoms with van der Waals surface area (Å²) in [6.45, 7) is 3.44. The summed E-state index contributed by atoms with van der Waals surface area (Å²) < 4.78 is 154. The summed E-state index contributed by atoms with van der Waals surface area (Å²) in [7, 11) is 3.22. The molecule has 0 N–H and O–H groups in total. The number of fused-ring (bicyclic) bond motifs is 1. The van der Waals surface area contributed by atoms with Gasteiger partial charge in [0.05, 0.1) is 0 Å². The number of anilines is 1. The van der Waals surface area contributed by atoms with Crippen LogP contribution in [0.5, 0.6) is 0 Å². The zero-order valence-electron chi connectivity index (χ0n) is 27.1. The molecule has 0 bridgehead atoms. The summed E-state index contributed by atoms with van der Waals surface area (Å²) in [6.07, 6.45) is -1.00. The van der Waals surface area contributed by atoms with Crippen molar-refractivity contribution in [3.63, 3.8) is 0 Å². The molecule has 13 heteroatoms. The molecule has 50 heavy (non-hydrogen) atoms. The highest BCUT2D eigenvalue weighted by molar-refractivity contribution is 6.97. The average molecular weight is 702 g/mol. The number of hydrogen-bond donors (Lipinski definition) is 0. The van der Waals surface area contributed by atoms with E-state index in [2.05, 4.69) is 0 Å². The summed E-state index contributed by atoms with van der Waals surface area (Å²) in [6, 6.07) is 20.6. The molecular weight excluding hydrogens is 673 g/mol. The van der Waals surface area contributed by atoms with E-state index in [1.54, 1.807) is 45.0 Å². The van der Waals surface area contributed by atoms with Crippen LogP contribution in [0.25, 0.3) is 5.57 Å². The van der Waals surface area contributed by atoms with E-state index in [9.17, 15) is 8.78 Å². The number of nitrogens with zero attached hydrogens (tertiary/aromatic N) is 2. The topological polar surface area (TPSA) is 7.12 Å². The van der Waals surface area contributed by atoms with Gasteiger partial charge in [-0.2, -0.15) is 0 Å².